The molecule has 0 rings (SSSR count). The summed E-state index contributed by atoms with van der Waals surface area (Å²) >= 11 is 0. The van der Waals surface area contributed by atoms with Crippen LogP contribution in [0.4, 0.5) is 0 Å². The molecule has 0 aliphatic rings. The summed E-state index contributed by atoms with van der Waals surface area (Å²) in [6, 6.07) is 0. The summed E-state index contributed by atoms with van der Waals surface area (Å²) in [5.41, 5.74) is 0. The molecule has 1 N–H and O–H groups in total. The van der Waals surface area contributed by atoms with Gasteiger partial charge in [0.15, 0.2) is 0 Å². The minimum absolute atomic E-state index is 0.0477. The van der Waals surface area contributed by atoms with Crippen LogP contribution in [0.15, 0.2) is 12.2 Å². The molecule has 0 aromatic heterocycles. The van der Waals surface area contributed by atoms with Gasteiger partial charge >= 0.3 is 10.4 Å². The lowest BCUT2D eigenvalue weighted by molar-refractivity contribution is 0.234. The molecule has 0 heterocycles. The molecule has 0 spiro atoms. The van der Waals surface area contributed by atoms with E-state index >= 15 is 0 Å². The van der Waals surface area contributed by atoms with Crippen LogP contribution in [0.2, 0.25) is 0 Å². The highest BCUT2D eigenvalue weighted by Crippen LogP contribution is 2.18. The van der Waals surface area contributed by atoms with Crippen molar-refractivity contribution in [1.82, 2.24) is 0 Å². The highest BCUT2D eigenvalue weighted by atomic mass is 32.3. The van der Waals surface area contributed by atoms with Gasteiger partial charge in [-0.25, -0.2) is 4.18 Å². The van der Waals surface area contributed by atoms with Crippen molar-refractivity contribution in [3.8, 4) is 0 Å². The van der Waals surface area contributed by atoms with Crippen LogP contribution in [-0.2, 0) is 14.6 Å². The van der Waals surface area contributed by atoms with E-state index in [2.05, 4.69) is 26.0 Å². The zero-order valence-electron chi connectivity index (χ0n) is 25.6. The third-order valence-corrected chi connectivity index (χ3v) is 8.18. The molecule has 1 atom stereocenters. The van der Waals surface area contributed by atoms with Crippen LogP contribution in [0.25, 0.3) is 0 Å². The molecule has 1 unspecified atom stereocenters. The fourth-order valence-electron chi connectivity index (χ4n) is 5.22. The van der Waals surface area contributed by atoms with E-state index in [1.807, 2.05) is 0 Å². The first-order valence-electron chi connectivity index (χ1n) is 16.8. The predicted octanol–water partition coefficient (Wildman–Crippen LogP) is 11.6. The molecule has 38 heavy (non-hydrogen) atoms. The summed E-state index contributed by atoms with van der Waals surface area (Å²) in [4.78, 5) is 0. The molecule has 0 aromatic carbocycles. The number of allylic oxidation sites excluding steroid dienone is 1. The number of rotatable bonds is 31. The maximum absolute atomic E-state index is 11.0. The Kier molecular flexibility index (Phi) is 29.3. The maximum atomic E-state index is 11.0. The molecule has 0 aliphatic heterocycles. The SMILES string of the molecule is CCCCCCCCCCCCC/C=C/C(CCCCCCCCCCCCCCCC)COS(=O)(=O)O. The second-order valence-electron chi connectivity index (χ2n) is 11.6. The molecule has 228 valence electrons. The Balaban J connectivity index is 3.79. The van der Waals surface area contributed by atoms with Gasteiger partial charge in [-0.2, -0.15) is 8.42 Å². The zero-order valence-corrected chi connectivity index (χ0v) is 26.4. The zero-order chi connectivity index (χ0) is 28.0. The number of hydrogen-bond acceptors (Lipinski definition) is 3. The molecule has 0 amide bonds. The summed E-state index contributed by atoms with van der Waals surface area (Å²) < 4.78 is 35.7. The third-order valence-electron chi connectivity index (χ3n) is 7.74. The normalized spacial score (nSPS) is 13.0. The second kappa shape index (κ2) is 29.6. The molecule has 0 radical (unpaired) electrons. The summed E-state index contributed by atoms with van der Waals surface area (Å²) in [5, 5.41) is 0. The smallest absolute Gasteiger partial charge is 0.264 e. The molecular formula is C33H66O4S. The monoisotopic (exact) mass is 558 g/mol. The minimum Gasteiger partial charge on any atom is -0.264 e. The average molecular weight is 559 g/mol. The van der Waals surface area contributed by atoms with Gasteiger partial charge in [0, 0.05) is 5.92 Å². The quantitative estimate of drug-likeness (QED) is 0.0522. The standard InChI is InChI=1S/C33H66O4S/c1-3-5-7-9-11-13-15-17-19-21-23-25-27-29-31-33(32-37-38(34,35)36)30-28-26-24-22-20-18-16-14-12-10-8-6-4-2/h28,30,33H,3-27,29,31-32H2,1-2H3,(H,34,35,36)/b30-28+. The van der Waals surface area contributed by atoms with Crippen LogP contribution >= 0.6 is 0 Å². The Bertz CT molecular complexity index is 588. The van der Waals surface area contributed by atoms with Crippen molar-refractivity contribution in [2.75, 3.05) is 6.61 Å². The highest BCUT2D eigenvalue weighted by molar-refractivity contribution is 7.80. The van der Waals surface area contributed by atoms with Crippen LogP contribution in [0.5, 0.6) is 0 Å². The van der Waals surface area contributed by atoms with E-state index in [9.17, 15) is 8.42 Å². The van der Waals surface area contributed by atoms with Gasteiger partial charge in [0.2, 0.25) is 0 Å². The summed E-state index contributed by atoms with van der Waals surface area (Å²) in [6.45, 7) is 4.59. The van der Waals surface area contributed by atoms with Crippen LogP contribution in [0.1, 0.15) is 187 Å². The maximum Gasteiger partial charge on any atom is 0.397 e. The van der Waals surface area contributed by atoms with E-state index in [4.69, 9.17) is 8.74 Å². The van der Waals surface area contributed by atoms with Crippen LogP contribution in [0.3, 0.4) is 0 Å². The van der Waals surface area contributed by atoms with Crippen molar-refractivity contribution in [2.45, 2.75) is 187 Å². The van der Waals surface area contributed by atoms with E-state index in [1.165, 1.54) is 154 Å². The Morgan fingerprint density at radius 3 is 1.26 bits per heavy atom. The summed E-state index contributed by atoms with van der Waals surface area (Å²) in [7, 11) is -4.37. The van der Waals surface area contributed by atoms with Gasteiger partial charge in [0.1, 0.15) is 0 Å². The van der Waals surface area contributed by atoms with Gasteiger partial charge < -0.3 is 0 Å². The highest BCUT2D eigenvalue weighted by Gasteiger charge is 2.11. The van der Waals surface area contributed by atoms with Gasteiger partial charge in [0.05, 0.1) is 6.61 Å². The lowest BCUT2D eigenvalue weighted by atomic mass is 9.99. The fourth-order valence-corrected chi connectivity index (χ4v) is 5.57. The Hall–Kier alpha value is -0.390. The van der Waals surface area contributed by atoms with E-state index < -0.39 is 10.4 Å². The van der Waals surface area contributed by atoms with Crippen molar-refractivity contribution in [2.24, 2.45) is 5.92 Å². The van der Waals surface area contributed by atoms with Gasteiger partial charge in [0.25, 0.3) is 0 Å². The lowest BCUT2D eigenvalue weighted by Gasteiger charge is -2.12. The second-order valence-corrected chi connectivity index (χ2v) is 12.7. The Morgan fingerprint density at radius 1 is 0.553 bits per heavy atom. The average Bonchev–Trinajstić information content (AvgIpc) is 2.89. The first-order chi connectivity index (χ1) is 18.5. The summed E-state index contributed by atoms with van der Waals surface area (Å²) in [5.74, 6) is 0.0574. The number of hydrogen-bond donors (Lipinski definition) is 1. The van der Waals surface area contributed by atoms with Gasteiger partial charge in [-0.15, -0.1) is 0 Å². The largest absolute Gasteiger partial charge is 0.397 e. The van der Waals surface area contributed by atoms with Gasteiger partial charge in [-0.1, -0.05) is 180 Å². The van der Waals surface area contributed by atoms with E-state index in [1.54, 1.807) is 0 Å². The van der Waals surface area contributed by atoms with Gasteiger partial charge in [-0.05, 0) is 19.3 Å². The Labute approximate surface area is 239 Å². The van der Waals surface area contributed by atoms with Crippen molar-refractivity contribution in [1.29, 1.82) is 0 Å². The van der Waals surface area contributed by atoms with Crippen molar-refractivity contribution < 1.29 is 17.2 Å². The van der Waals surface area contributed by atoms with Crippen LogP contribution < -0.4 is 0 Å². The molecular weight excluding hydrogens is 492 g/mol. The topological polar surface area (TPSA) is 63.6 Å². The molecule has 0 aromatic rings. The first-order valence-corrected chi connectivity index (χ1v) is 18.1. The van der Waals surface area contributed by atoms with Crippen molar-refractivity contribution >= 4 is 10.4 Å². The van der Waals surface area contributed by atoms with Crippen molar-refractivity contribution in [3.63, 3.8) is 0 Å². The molecule has 0 aliphatic carbocycles. The molecule has 0 saturated carbocycles. The predicted molar refractivity (Wildman–Crippen MR) is 166 cm³/mol. The molecule has 5 heteroatoms. The lowest BCUT2D eigenvalue weighted by Crippen LogP contribution is -2.12. The molecule has 0 saturated heterocycles. The summed E-state index contributed by atoms with van der Waals surface area (Å²) in [6.07, 6.45) is 39.7. The van der Waals surface area contributed by atoms with Crippen LogP contribution in [-0.4, -0.2) is 19.6 Å². The number of unbranched alkanes of at least 4 members (excludes halogenated alkanes) is 24. The Morgan fingerprint density at radius 2 is 0.895 bits per heavy atom. The van der Waals surface area contributed by atoms with Crippen molar-refractivity contribution in [3.05, 3.63) is 12.2 Å². The van der Waals surface area contributed by atoms with E-state index in [-0.39, 0.29) is 12.5 Å². The fraction of sp³-hybridized carbons (Fsp3) is 0.939. The molecule has 0 fully saturated rings. The third kappa shape index (κ3) is 31.8. The van der Waals surface area contributed by atoms with E-state index in [0.29, 0.717) is 0 Å². The minimum atomic E-state index is -4.37. The van der Waals surface area contributed by atoms with Crippen LogP contribution in [0, 0.1) is 5.92 Å². The molecule has 0 bridgehead atoms. The van der Waals surface area contributed by atoms with E-state index in [0.717, 1.165) is 19.3 Å². The first kappa shape index (κ1) is 37.6. The van der Waals surface area contributed by atoms with Gasteiger partial charge in [-0.3, -0.25) is 4.55 Å². The molecule has 4 nitrogen and oxygen atoms in total.